The molecule has 5 heteroatoms. The van der Waals surface area contributed by atoms with E-state index in [0.29, 0.717) is 11.6 Å². The summed E-state index contributed by atoms with van der Waals surface area (Å²) in [6.07, 6.45) is 2.56. The van der Waals surface area contributed by atoms with Crippen molar-refractivity contribution < 1.29 is 4.42 Å². The molecule has 0 saturated carbocycles. The molecule has 2 rings (SSSR count). The SMILES string of the molecule is CCCNCc1ncoc1-c1cc(Cl)ccc1Br. The first kappa shape index (κ1) is 13.6. The zero-order valence-corrected chi connectivity index (χ0v) is 12.4. The lowest BCUT2D eigenvalue weighted by atomic mass is 10.1. The first-order valence-corrected chi connectivity index (χ1v) is 6.98. The quantitative estimate of drug-likeness (QED) is 0.833. The van der Waals surface area contributed by atoms with Crippen LogP contribution in [0.5, 0.6) is 0 Å². The highest BCUT2D eigenvalue weighted by atomic mass is 79.9. The third-order valence-electron chi connectivity index (χ3n) is 2.53. The van der Waals surface area contributed by atoms with Gasteiger partial charge in [-0.25, -0.2) is 4.98 Å². The van der Waals surface area contributed by atoms with E-state index >= 15 is 0 Å². The summed E-state index contributed by atoms with van der Waals surface area (Å²) in [5, 5.41) is 3.99. The summed E-state index contributed by atoms with van der Waals surface area (Å²) in [4.78, 5) is 4.24. The Balaban J connectivity index is 2.27. The highest BCUT2D eigenvalue weighted by molar-refractivity contribution is 9.10. The fraction of sp³-hybridized carbons (Fsp3) is 0.308. The van der Waals surface area contributed by atoms with Crippen LogP contribution < -0.4 is 5.32 Å². The highest BCUT2D eigenvalue weighted by Crippen LogP contribution is 2.32. The molecule has 3 nitrogen and oxygen atoms in total. The maximum absolute atomic E-state index is 6.01. The number of hydrogen-bond acceptors (Lipinski definition) is 3. The van der Waals surface area contributed by atoms with Gasteiger partial charge in [-0.2, -0.15) is 0 Å². The van der Waals surface area contributed by atoms with E-state index in [1.54, 1.807) is 0 Å². The van der Waals surface area contributed by atoms with E-state index in [-0.39, 0.29) is 0 Å². The lowest BCUT2D eigenvalue weighted by molar-refractivity contribution is 0.569. The van der Waals surface area contributed by atoms with Crippen LogP contribution in [0.2, 0.25) is 5.02 Å². The second-order valence-electron chi connectivity index (χ2n) is 3.93. The van der Waals surface area contributed by atoms with Crippen molar-refractivity contribution in [3.8, 4) is 11.3 Å². The molecule has 1 heterocycles. The molecule has 1 aromatic carbocycles. The van der Waals surface area contributed by atoms with Crippen molar-refractivity contribution in [2.45, 2.75) is 19.9 Å². The molecule has 0 bridgehead atoms. The zero-order chi connectivity index (χ0) is 13.0. The average Bonchev–Trinajstić information content (AvgIpc) is 2.81. The minimum atomic E-state index is 0.678. The zero-order valence-electron chi connectivity index (χ0n) is 10.0. The second-order valence-corrected chi connectivity index (χ2v) is 5.22. The Morgan fingerprint density at radius 3 is 3.06 bits per heavy atom. The van der Waals surface area contributed by atoms with Crippen LogP contribution in [0.3, 0.4) is 0 Å². The monoisotopic (exact) mass is 328 g/mol. The third-order valence-corrected chi connectivity index (χ3v) is 3.46. The Morgan fingerprint density at radius 1 is 1.44 bits per heavy atom. The van der Waals surface area contributed by atoms with Gasteiger partial charge in [-0.1, -0.05) is 34.5 Å². The molecule has 0 aliphatic heterocycles. The number of nitrogens with one attached hydrogen (secondary N) is 1. The summed E-state index contributed by atoms with van der Waals surface area (Å²) < 4.78 is 6.42. The van der Waals surface area contributed by atoms with E-state index in [1.807, 2.05) is 18.2 Å². The van der Waals surface area contributed by atoms with E-state index < -0.39 is 0 Å². The lowest BCUT2D eigenvalue weighted by Gasteiger charge is -2.05. The molecular formula is C13H14BrClN2O. The molecule has 0 fully saturated rings. The van der Waals surface area contributed by atoms with Gasteiger partial charge in [0.15, 0.2) is 12.2 Å². The van der Waals surface area contributed by atoms with Gasteiger partial charge in [0.25, 0.3) is 0 Å². The lowest BCUT2D eigenvalue weighted by Crippen LogP contribution is -2.14. The molecule has 2 aromatic rings. The maximum atomic E-state index is 6.01. The van der Waals surface area contributed by atoms with E-state index in [2.05, 4.69) is 33.2 Å². The van der Waals surface area contributed by atoms with Crippen LogP contribution in [0.1, 0.15) is 19.0 Å². The number of hydrogen-bond donors (Lipinski definition) is 1. The van der Waals surface area contributed by atoms with Gasteiger partial charge in [0.05, 0.1) is 0 Å². The smallest absolute Gasteiger partial charge is 0.181 e. The summed E-state index contributed by atoms with van der Waals surface area (Å²) in [6, 6.07) is 5.61. The summed E-state index contributed by atoms with van der Waals surface area (Å²) in [7, 11) is 0. The molecule has 0 unspecified atom stereocenters. The van der Waals surface area contributed by atoms with Gasteiger partial charge in [0.1, 0.15) is 5.69 Å². The standard InChI is InChI=1S/C13H14BrClN2O/c1-2-5-16-7-12-13(18-8-17-12)10-6-9(15)3-4-11(10)14/h3-4,6,8,16H,2,5,7H2,1H3. The number of nitrogens with zero attached hydrogens (tertiary/aromatic N) is 1. The molecule has 1 N–H and O–H groups in total. The molecule has 0 aliphatic carbocycles. The predicted molar refractivity (Wildman–Crippen MR) is 76.6 cm³/mol. The third kappa shape index (κ3) is 3.13. The van der Waals surface area contributed by atoms with Crippen LogP contribution >= 0.6 is 27.5 Å². The summed E-state index contributed by atoms with van der Waals surface area (Å²) in [5.41, 5.74) is 1.82. The van der Waals surface area contributed by atoms with Gasteiger partial charge in [0.2, 0.25) is 0 Å². The Bertz CT molecular complexity index is 527. The van der Waals surface area contributed by atoms with E-state index in [1.165, 1.54) is 6.39 Å². The summed E-state index contributed by atoms with van der Waals surface area (Å²) in [6.45, 7) is 3.78. The number of rotatable bonds is 5. The fourth-order valence-electron chi connectivity index (χ4n) is 1.67. The van der Waals surface area contributed by atoms with Gasteiger partial charge in [0, 0.05) is 21.6 Å². The van der Waals surface area contributed by atoms with Gasteiger partial charge >= 0.3 is 0 Å². The minimum absolute atomic E-state index is 0.678. The van der Waals surface area contributed by atoms with Gasteiger partial charge in [-0.05, 0) is 31.2 Å². The van der Waals surface area contributed by atoms with Gasteiger partial charge in [-0.3, -0.25) is 0 Å². The van der Waals surface area contributed by atoms with Crippen molar-refractivity contribution in [3.05, 3.63) is 39.8 Å². The van der Waals surface area contributed by atoms with E-state index in [9.17, 15) is 0 Å². The number of benzene rings is 1. The van der Waals surface area contributed by atoms with Crippen LogP contribution in [0.4, 0.5) is 0 Å². The van der Waals surface area contributed by atoms with Crippen LogP contribution in [-0.4, -0.2) is 11.5 Å². The molecule has 0 atom stereocenters. The van der Waals surface area contributed by atoms with E-state index in [4.69, 9.17) is 16.0 Å². The first-order valence-electron chi connectivity index (χ1n) is 5.81. The summed E-state index contributed by atoms with van der Waals surface area (Å²) in [5.74, 6) is 0.757. The number of oxazole rings is 1. The van der Waals surface area contributed by atoms with Crippen molar-refractivity contribution in [1.82, 2.24) is 10.3 Å². The summed E-state index contributed by atoms with van der Waals surface area (Å²) >= 11 is 9.52. The molecular weight excluding hydrogens is 316 g/mol. The Kier molecular flexibility index (Phi) is 4.80. The van der Waals surface area contributed by atoms with Crippen LogP contribution in [0, 0.1) is 0 Å². The molecule has 1 aromatic heterocycles. The molecule has 18 heavy (non-hydrogen) atoms. The van der Waals surface area contributed by atoms with Crippen LogP contribution in [0.25, 0.3) is 11.3 Å². The highest BCUT2D eigenvalue weighted by Gasteiger charge is 2.13. The fourth-order valence-corrected chi connectivity index (χ4v) is 2.27. The first-order chi connectivity index (χ1) is 8.72. The molecule has 0 radical (unpaired) electrons. The largest absolute Gasteiger partial charge is 0.443 e. The Labute approximate surface area is 120 Å². The Morgan fingerprint density at radius 2 is 2.28 bits per heavy atom. The normalized spacial score (nSPS) is 10.8. The Hall–Kier alpha value is -0.840. The van der Waals surface area contributed by atoms with Crippen LogP contribution in [0.15, 0.2) is 33.5 Å². The van der Waals surface area contributed by atoms with Crippen molar-refractivity contribution in [3.63, 3.8) is 0 Å². The molecule has 96 valence electrons. The van der Waals surface area contributed by atoms with Crippen molar-refractivity contribution in [1.29, 1.82) is 0 Å². The van der Waals surface area contributed by atoms with Crippen LogP contribution in [-0.2, 0) is 6.54 Å². The number of aromatic nitrogens is 1. The van der Waals surface area contributed by atoms with Gasteiger partial charge < -0.3 is 9.73 Å². The second kappa shape index (κ2) is 6.36. The van der Waals surface area contributed by atoms with Gasteiger partial charge in [-0.15, -0.1) is 0 Å². The molecule has 0 amide bonds. The molecule has 0 aliphatic rings. The maximum Gasteiger partial charge on any atom is 0.181 e. The minimum Gasteiger partial charge on any atom is -0.443 e. The number of halogens is 2. The van der Waals surface area contributed by atoms with Crippen molar-refractivity contribution in [2.75, 3.05) is 6.54 Å². The van der Waals surface area contributed by atoms with E-state index in [0.717, 1.165) is 34.5 Å². The van der Waals surface area contributed by atoms with Crippen molar-refractivity contribution >= 4 is 27.5 Å². The van der Waals surface area contributed by atoms with Crippen molar-refractivity contribution in [2.24, 2.45) is 0 Å². The predicted octanol–water partition coefficient (Wildman–Crippen LogP) is 4.26. The molecule has 0 saturated heterocycles. The average molecular weight is 330 g/mol. The molecule has 0 spiro atoms. The topological polar surface area (TPSA) is 38.1 Å².